The molecule has 0 aliphatic rings. The van der Waals surface area contributed by atoms with E-state index in [-0.39, 0.29) is 17.3 Å². The first-order chi connectivity index (χ1) is 9.84. The van der Waals surface area contributed by atoms with E-state index in [0.717, 1.165) is 36.5 Å². The third kappa shape index (κ3) is 6.29. The van der Waals surface area contributed by atoms with Gasteiger partial charge in [0.1, 0.15) is 0 Å². The van der Waals surface area contributed by atoms with Crippen molar-refractivity contribution >= 4 is 29.0 Å². The molecule has 1 aromatic rings. The highest BCUT2D eigenvalue weighted by Gasteiger charge is 2.30. The van der Waals surface area contributed by atoms with Gasteiger partial charge in [-0.05, 0) is 42.5 Å². The lowest BCUT2D eigenvalue weighted by atomic mass is 10.1. The molecule has 0 saturated carbocycles. The van der Waals surface area contributed by atoms with Gasteiger partial charge in [-0.1, -0.05) is 6.92 Å². The topological polar surface area (TPSA) is 55.1 Å². The largest absolute Gasteiger partial charge is 0.416 e. The summed E-state index contributed by atoms with van der Waals surface area (Å²) in [4.78, 5) is 11.7. The zero-order valence-electron chi connectivity index (χ0n) is 11.8. The number of amides is 1. The highest BCUT2D eigenvalue weighted by Crippen LogP contribution is 2.32. The van der Waals surface area contributed by atoms with Crippen LogP contribution < -0.4 is 11.1 Å². The quantitative estimate of drug-likeness (QED) is 0.586. The van der Waals surface area contributed by atoms with Crippen LogP contribution in [0.5, 0.6) is 0 Å². The predicted molar refractivity (Wildman–Crippen MR) is 81.3 cm³/mol. The van der Waals surface area contributed by atoms with E-state index in [1.807, 2.05) is 0 Å². The normalized spacial score (nSPS) is 11.4. The zero-order chi connectivity index (χ0) is 15.9. The van der Waals surface area contributed by atoms with Crippen molar-refractivity contribution in [1.82, 2.24) is 0 Å². The SMILES string of the molecule is CCCSCCCC(=O)Nc1ccc(C(F)(F)F)cc1N. The summed E-state index contributed by atoms with van der Waals surface area (Å²) >= 11 is 1.78. The van der Waals surface area contributed by atoms with Crippen LogP contribution in [-0.2, 0) is 11.0 Å². The fourth-order valence-corrected chi connectivity index (χ4v) is 2.49. The van der Waals surface area contributed by atoms with E-state index in [9.17, 15) is 18.0 Å². The Morgan fingerprint density at radius 2 is 2.05 bits per heavy atom. The minimum Gasteiger partial charge on any atom is -0.397 e. The molecule has 1 rings (SSSR count). The summed E-state index contributed by atoms with van der Waals surface area (Å²) < 4.78 is 37.5. The van der Waals surface area contributed by atoms with E-state index >= 15 is 0 Å². The Bertz CT molecular complexity index is 478. The number of anilines is 2. The third-order valence-electron chi connectivity index (χ3n) is 2.69. The second-order valence-electron chi connectivity index (χ2n) is 4.56. The van der Waals surface area contributed by atoms with Gasteiger partial charge in [-0.25, -0.2) is 0 Å². The molecule has 1 amide bonds. The molecule has 3 nitrogen and oxygen atoms in total. The molecule has 0 bridgehead atoms. The van der Waals surface area contributed by atoms with Gasteiger partial charge in [0, 0.05) is 6.42 Å². The van der Waals surface area contributed by atoms with Gasteiger partial charge in [-0.2, -0.15) is 24.9 Å². The van der Waals surface area contributed by atoms with Crippen LogP contribution in [-0.4, -0.2) is 17.4 Å². The second-order valence-corrected chi connectivity index (χ2v) is 5.79. The van der Waals surface area contributed by atoms with Gasteiger partial charge in [-0.15, -0.1) is 0 Å². The van der Waals surface area contributed by atoms with Crippen LogP contribution in [0, 0.1) is 0 Å². The van der Waals surface area contributed by atoms with Crippen LogP contribution in [0.15, 0.2) is 18.2 Å². The summed E-state index contributed by atoms with van der Waals surface area (Å²) in [5.41, 5.74) is 4.85. The molecule has 21 heavy (non-hydrogen) atoms. The summed E-state index contributed by atoms with van der Waals surface area (Å²) in [7, 11) is 0. The van der Waals surface area contributed by atoms with E-state index in [1.165, 1.54) is 6.07 Å². The van der Waals surface area contributed by atoms with Gasteiger partial charge >= 0.3 is 6.18 Å². The van der Waals surface area contributed by atoms with Gasteiger partial charge < -0.3 is 11.1 Å². The van der Waals surface area contributed by atoms with Crippen molar-refractivity contribution in [3.63, 3.8) is 0 Å². The number of carbonyl (C=O) groups is 1. The highest BCUT2D eigenvalue weighted by atomic mass is 32.2. The van der Waals surface area contributed by atoms with E-state index in [0.29, 0.717) is 6.42 Å². The van der Waals surface area contributed by atoms with Crippen molar-refractivity contribution in [2.24, 2.45) is 0 Å². The van der Waals surface area contributed by atoms with Gasteiger partial charge in [0.05, 0.1) is 16.9 Å². The molecular formula is C14H19F3N2OS. The van der Waals surface area contributed by atoms with E-state index in [1.54, 1.807) is 11.8 Å². The predicted octanol–water partition coefficient (Wildman–Crippen LogP) is 4.15. The van der Waals surface area contributed by atoms with Gasteiger partial charge in [0.25, 0.3) is 0 Å². The summed E-state index contributed by atoms with van der Waals surface area (Å²) in [5.74, 6) is 1.72. The number of rotatable bonds is 7. The molecule has 3 N–H and O–H groups in total. The van der Waals surface area contributed by atoms with Crippen LogP contribution >= 0.6 is 11.8 Å². The van der Waals surface area contributed by atoms with Crippen molar-refractivity contribution in [2.75, 3.05) is 22.6 Å². The molecule has 118 valence electrons. The monoisotopic (exact) mass is 320 g/mol. The molecule has 0 atom stereocenters. The molecule has 1 aromatic carbocycles. The molecule has 0 aliphatic carbocycles. The number of nitrogen functional groups attached to an aromatic ring is 1. The summed E-state index contributed by atoms with van der Waals surface area (Å²) in [6.07, 6.45) is -2.28. The number of carbonyl (C=O) groups excluding carboxylic acids is 1. The zero-order valence-corrected chi connectivity index (χ0v) is 12.6. The molecule has 0 saturated heterocycles. The average molecular weight is 320 g/mol. The summed E-state index contributed by atoms with van der Waals surface area (Å²) in [6.45, 7) is 2.09. The minimum atomic E-state index is -4.44. The molecule has 0 heterocycles. The standard InChI is InChI=1S/C14H19F3N2OS/c1-2-7-21-8-3-4-13(20)19-12-6-5-10(9-11(12)18)14(15,16)17/h5-6,9H,2-4,7-8,18H2,1H3,(H,19,20). The Morgan fingerprint density at radius 3 is 2.62 bits per heavy atom. The van der Waals surface area contributed by atoms with Crippen LogP contribution in [0.4, 0.5) is 24.5 Å². The number of nitrogens with one attached hydrogen (secondary N) is 1. The van der Waals surface area contributed by atoms with Crippen molar-refractivity contribution in [3.05, 3.63) is 23.8 Å². The third-order valence-corrected chi connectivity index (χ3v) is 3.97. The van der Waals surface area contributed by atoms with Crippen molar-refractivity contribution in [3.8, 4) is 0 Å². The Morgan fingerprint density at radius 1 is 1.33 bits per heavy atom. The second kappa shape index (κ2) is 8.17. The number of nitrogens with two attached hydrogens (primary N) is 1. The number of halogens is 3. The van der Waals surface area contributed by atoms with E-state index < -0.39 is 11.7 Å². The smallest absolute Gasteiger partial charge is 0.397 e. The molecule has 7 heteroatoms. The number of hydrogen-bond donors (Lipinski definition) is 2. The minimum absolute atomic E-state index is 0.0847. The lowest BCUT2D eigenvalue weighted by molar-refractivity contribution is -0.137. The van der Waals surface area contributed by atoms with Crippen LogP contribution in [0.1, 0.15) is 31.7 Å². The average Bonchev–Trinajstić information content (AvgIpc) is 2.39. The Labute approximate surface area is 126 Å². The summed E-state index contributed by atoms with van der Waals surface area (Å²) in [5, 5.41) is 2.54. The summed E-state index contributed by atoms with van der Waals surface area (Å²) in [6, 6.07) is 2.91. The Balaban J connectivity index is 2.49. The van der Waals surface area contributed by atoms with E-state index in [4.69, 9.17) is 5.73 Å². The lowest BCUT2D eigenvalue weighted by Gasteiger charge is -2.11. The maximum absolute atomic E-state index is 12.5. The molecule has 0 unspecified atom stereocenters. The molecule has 0 spiro atoms. The lowest BCUT2D eigenvalue weighted by Crippen LogP contribution is -2.14. The molecule has 0 aliphatic heterocycles. The highest BCUT2D eigenvalue weighted by molar-refractivity contribution is 7.99. The molecule has 0 fully saturated rings. The number of thioether (sulfide) groups is 1. The van der Waals surface area contributed by atoms with Gasteiger partial charge in [-0.3, -0.25) is 4.79 Å². The van der Waals surface area contributed by atoms with Gasteiger partial charge in [0.2, 0.25) is 5.91 Å². The van der Waals surface area contributed by atoms with Crippen molar-refractivity contribution in [1.29, 1.82) is 0 Å². The van der Waals surface area contributed by atoms with Gasteiger partial charge in [0.15, 0.2) is 0 Å². The van der Waals surface area contributed by atoms with Crippen LogP contribution in [0.25, 0.3) is 0 Å². The number of hydrogen-bond acceptors (Lipinski definition) is 3. The van der Waals surface area contributed by atoms with Crippen LogP contribution in [0.2, 0.25) is 0 Å². The first kappa shape index (κ1) is 17.7. The molecule has 0 radical (unpaired) electrons. The fourth-order valence-electron chi connectivity index (χ4n) is 1.65. The van der Waals surface area contributed by atoms with Crippen LogP contribution in [0.3, 0.4) is 0 Å². The number of benzene rings is 1. The number of alkyl halides is 3. The van der Waals surface area contributed by atoms with E-state index in [2.05, 4.69) is 12.2 Å². The Kier molecular flexibility index (Phi) is 6.87. The Hall–Kier alpha value is -1.37. The fraction of sp³-hybridized carbons (Fsp3) is 0.500. The first-order valence-corrected chi connectivity index (χ1v) is 7.84. The molecule has 0 aromatic heterocycles. The maximum Gasteiger partial charge on any atom is 0.416 e. The molecular weight excluding hydrogens is 301 g/mol. The van der Waals surface area contributed by atoms with Crippen molar-refractivity contribution in [2.45, 2.75) is 32.4 Å². The first-order valence-electron chi connectivity index (χ1n) is 6.69. The van der Waals surface area contributed by atoms with Crippen molar-refractivity contribution < 1.29 is 18.0 Å². The maximum atomic E-state index is 12.5.